The highest BCUT2D eigenvalue weighted by Gasteiger charge is 2.29. The smallest absolute Gasteiger partial charge is 0.332 e. The summed E-state index contributed by atoms with van der Waals surface area (Å²) in [5.41, 5.74) is 1.85. The van der Waals surface area contributed by atoms with Gasteiger partial charge in [0.2, 0.25) is 0 Å². The van der Waals surface area contributed by atoms with Crippen LogP contribution >= 0.6 is 22.9 Å². The number of benzene rings is 1. The van der Waals surface area contributed by atoms with Gasteiger partial charge in [0.25, 0.3) is 0 Å². The SMILES string of the molecule is O=C1C=C(c2cccs2)C(c2ccc(Cl)cc2)O1. The zero-order valence-corrected chi connectivity index (χ0v) is 10.9. The number of thiophene rings is 1. The van der Waals surface area contributed by atoms with Gasteiger partial charge >= 0.3 is 5.97 Å². The second-order valence-corrected chi connectivity index (χ2v) is 5.33. The third-order valence-electron chi connectivity index (χ3n) is 2.77. The number of carbonyl (C=O) groups is 1. The van der Waals surface area contributed by atoms with Crippen molar-refractivity contribution in [1.82, 2.24) is 0 Å². The summed E-state index contributed by atoms with van der Waals surface area (Å²) in [5, 5.41) is 2.66. The molecule has 0 radical (unpaired) electrons. The van der Waals surface area contributed by atoms with E-state index in [1.165, 1.54) is 0 Å². The average Bonchev–Trinajstić information content (AvgIpc) is 2.98. The van der Waals surface area contributed by atoms with Crippen LogP contribution < -0.4 is 0 Å². The first-order valence-corrected chi connectivity index (χ1v) is 6.71. The number of hydrogen-bond donors (Lipinski definition) is 0. The van der Waals surface area contributed by atoms with E-state index >= 15 is 0 Å². The van der Waals surface area contributed by atoms with Crippen LogP contribution in [0, 0.1) is 0 Å². The molecule has 2 nitrogen and oxygen atoms in total. The molecule has 1 aliphatic heterocycles. The van der Waals surface area contributed by atoms with Crippen molar-refractivity contribution < 1.29 is 9.53 Å². The lowest BCUT2D eigenvalue weighted by atomic mass is 10.0. The van der Waals surface area contributed by atoms with E-state index in [4.69, 9.17) is 16.3 Å². The number of rotatable bonds is 2. The Morgan fingerprint density at radius 3 is 2.61 bits per heavy atom. The van der Waals surface area contributed by atoms with Gasteiger partial charge in [0.1, 0.15) is 0 Å². The first kappa shape index (κ1) is 11.5. The summed E-state index contributed by atoms with van der Waals surface area (Å²) >= 11 is 7.46. The molecule has 0 amide bonds. The highest BCUT2D eigenvalue weighted by atomic mass is 35.5. The minimum Gasteiger partial charge on any atom is -0.449 e. The van der Waals surface area contributed by atoms with Gasteiger partial charge in [-0.3, -0.25) is 0 Å². The van der Waals surface area contributed by atoms with Crippen molar-refractivity contribution >= 4 is 34.5 Å². The Labute approximate surface area is 113 Å². The van der Waals surface area contributed by atoms with Crippen LogP contribution in [-0.4, -0.2) is 5.97 Å². The van der Waals surface area contributed by atoms with Gasteiger partial charge in [-0.05, 0) is 29.1 Å². The van der Waals surface area contributed by atoms with Crippen molar-refractivity contribution in [3.05, 3.63) is 63.3 Å². The molecule has 4 heteroatoms. The second-order valence-electron chi connectivity index (χ2n) is 3.95. The van der Waals surface area contributed by atoms with Crippen LogP contribution in [0.5, 0.6) is 0 Å². The molecule has 1 aromatic carbocycles. The maximum absolute atomic E-state index is 11.5. The Morgan fingerprint density at radius 2 is 1.94 bits per heavy atom. The van der Waals surface area contributed by atoms with Gasteiger partial charge in [0.05, 0.1) is 0 Å². The lowest BCUT2D eigenvalue weighted by molar-refractivity contribution is -0.138. The van der Waals surface area contributed by atoms with E-state index in [0.29, 0.717) is 5.02 Å². The molecular formula is C14H9ClO2S. The number of halogens is 1. The fraction of sp³-hybridized carbons (Fsp3) is 0.0714. The lowest BCUT2D eigenvalue weighted by Crippen LogP contribution is -2.02. The van der Waals surface area contributed by atoms with Crippen LogP contribution in [0.1, 0.15) is 16.5 Å². The molecule has 0 fully saturated rings. The number of ether oxygens (including phenoxy) is 1. The largest absolute Gasteiger partial charge is 0.449 e. The standard InChI is InChI=1S/C14H9ClO2S/c15-10-5-3-9(4-6-10)14-11(8-13(16)17-14)12-2-1-7-18-12/h1-8,14H. The van der Waals surface area contributed by atoms with E-state index in [2.05, 4.69) is 0 Å². The van der Waals surface area contributed by atoms with Crippen LogP contribution in [0.25, 0.3) is 5.57 Å². The first-order chi connectivity index (χ1) is 8.74. The number of carbonyl (C=O) groups excluding carboxylic acids is 1. The molecule has 1 unspecified atom stereocenters. The maximum Gasteiger partial charge on any atom is 0.332 e. The molecule has 2 aromatic rings. The highest BCUT2D eigenvalue weighted by Crippen LogP contribution is 2.39. The van der Waals surface area contributed by atoms with E-state index in [0.717, 1.165) is 16.0 Å². The second kappa shape index (κ2) is 4.59. The van der Waals surface area contributed by atoms with Gasteiger partial charge in [-0.15, -0.1) is 11.3 Å². The normalized spacial score (nSPS) is 18.6. The molecule has 1 aliphatic rings. The van der Waals surface area contributed by atoms with Gasteiger partial charge in [0, 0.05) is 21.5 Å². The van der Waals surface area contributed by atoms with Crippen molar-refractivity contribution in [3.8, 4) is 0 Å². The number of cyclic esters (lactones) is 1. The fourth-order valence-corrected chi connectivity index (χ4v) is 2.83. The Kier molecular flexibility index (Phi) is 2.94. The number of esters is 1. The van der Waals surface area contributed by atoms with Crippen LogP contribution in [0.3, 0.4) is 0 Å². The van der Waals surface area contributed by atoms with Crippen molar-refractivity contribution in [3.63, 3.8) is 0 Å². The molecule has 0 bridgehead atoms. The van der Waals surface area contributed by atoms with Crippen molar-refractivity contribution in [2.75, 3.05) is 0 Å². The fourth-order valence-electron chi connectivity index (χ4n) is 1.94. The third kappa shape index (κ3) is 2.07. The summed E-state index contributed by atoms with van der Waals surface area (Å²) in [7, 11) is 0. The molecule has 0 spiro atoms. The van der Waals surface area contributed by atoms with Crippen LogP contribution in [0.4, 0.5) is 0 Å². The summed E-state index contributed by atoms with van der Waals surface area (Å²) in [5.74, 6) is -0.293. The van der Waals surface area contributed by atoms with Gasteiger partial charge in [-0.2, -0.15) is 0 Å². The molecule has 18 heavy (non-hydrogen) atoms. The van der Waals surface area contributed by atoms with Crippen LogP contribution in [-0.2, 0) is 9.53 Å². The molecule has 1 aromatic heterocycles. The van der Waals surface area contributed by atoms with Crippen molar-refractivity contribution in [2.45, 2.75) is 6.10 Å². The van der Waals surface area contributed by atoms with E-state index in [1.807, 2.05) is 29.6 Å². The molecule has 3 rings (SSSR count). The van der Waals surface area contributed by atoms with Gasteiger partial charge in [0.15, 0.2) is 6.10 Å². The Balaban J connectivity index is 1.99. The predicted octanol–water partition coefficient (Wildman–Crippen LogP) is 4.08. The van der Waals surface area contributed by atoms with Crippen LogP contribution in [0.2, 0.25) is 5.02 Å². The zero-order valence-electron chi connectivity index (χ0n) is 9.30. The monoisotopic (exact) mass is 276 g/mol. The quantitative estimate of drug-likeness (QED) is 0.773. The van der Waals surface area contributed by atoms with E-state index < -0.39 is 0 Å². The Hall–Kier alpha value is -1.58. The predicted molar refractivity (Wildman–Crippen MR) is 72.6 cm³/mol. The summed E-state index contributed by atoms with van der Waals surface area (Å²) < 4.78 is 5.36. The molecule has 0 aliphatic carbocycles. The minimum absolute atomic E-state index is 0.293. The average molecular weight is 277 g/mol. The molecule has 0 N–H and O–H groups in total. The van der Waals surface area contributed by atoms with Crippen LogP contribution in [0.15, 0.2) is 47.9 Å². The molecule has 1 atom stereocenters. The summed E-state index contributed by atoms with van der Waals surface area (Å²) in [6, 6.07) is 11.3. The van der Waals surface area contributed by atoms with E-state index in [-0.39, 0.29) is 12.1 Å². The highest BCUT2D eigenvalue weighted by molar-refractivity contribution is 7.11. The maximum atomic E-state index is 11.5. The van der Waals surface area contributed by atoms with Crippen molar-refractivity contribution in [2.24, 2.45) is 0 Å². The van der Waals surface area contributed by atoms with Crippen molar-refractivity contribution in [1.29, 1.82) is 0 Å². The first-order valence-electron chi connectivity index (χ1n) is 5.45. The molecule has 0 saturated heterocycles. The van der Waals surface area contributed by atoms with E-state index in [1.54, 1.807) is 29.5 Å². The number of hydrogen-bond acceptors (Lipinski definition) is 3. The molecule has 90 valence electrons. The summed E-state index contributed by atoms with van der Waals surface area (Å²) in [6.07, 6.45) is 1.24. The van der Waals surface area contributed by atoms with Gasteiger partial charge < -0.3 is 4.74 Å². The Morgan fingerprint density at radius 1 is 1.17 bits per heavy atom. The minimum atomic E-state index is -0.326. The molecule has 0 saturated carbocycles. The van der Waals surface area contributed by atoms with E-state index in [9.17, 15) is 4.79 Å². The summed E-state index contributed by atoms with van der Waals surface area (Å²) in [6.45, 7) is 0. The van der Waals surface area contributed by atoms with Gasteiger partial charge in [-0.1, -0.05) is 29.8 Å². The van der Waals surface area contributed by atoms with Gasteiger partial charge in [-0.25, -0.2) is 4.79 Å². The lowest BCUT2D eigenvalue weighted by Gasteiger charge is -2.13. The zero-order chi connectivity index (χ0) is 12.5. The summed E-state index contributed by atoms with van der Waals surface area (Å²) in [4.78, 5) is 12.5. The topological polar surface area (TPSA) is 26.3 Å². The third-order valence-corrected chi connectivity index (χ3v) is 3.94. The molecule has 2 heterocycles. The molecular weight excluding hydrogens is 268 g/mol. The Bertz CT molecular complexity index is 599.